The molecule has 244 valence electrons. The quantitative estimate of drug-likeness (QED) is 0.188. The Bertz CT molecular complexity index is 1170. The lowest BCUT2D eigenvalue weighted by molar-refractivity contribution is -0.462. The largest absolute Gasteiger partial charge is 0.385 e. The fourth-order valence-electron chi connectivity index (χ4n) is 3.38. The summed E-state index contributed by atoms with van der Waals surface area (Å²) in [4.78, 5) is 0. The Kier molecular flexibility index (Phi) is 9.71. The summed E-state index contributed by atoms with van der Waals surface area (Å²) in [6.45, 7) is 0. The number of benzene rings is 2. The summed E-state index contributed by atoms with van der Waals surface area (Å²) in [7, 11) is 0. The third-order valence-corrected chi connectivity index (χ3v) is 7.02. The maximum absolute atomic E-state index is 14.1. The fraction of sp³-hybridized carbons (Fsp3) is 0.478. The van der Waals surface area contributed by atoms with Crippen molar-refractivity contribution in [3.63, 3.8) is 0 Å². The van der Waals surface area contributed by atoms with Crippen LogP contribution in [0.25, 0.3) is 0 Å². The Balaban J connectivity index is 2.56. The average molecular weight is 790 g/mol. The highest BCUT2D eigenvalue weighted by Crippen LogP contribution is 2.65. The number of halogens is 20. The average Bonchev–Trinajstić information content (AvgIpc) is 2.85. The molecule has 0 saturated heterocycles. The van der Waals surface area contributed by atoms with E-state index in [1.807, 2.05) is 0 Å². The molecular formula is C23H12Br2F18. The SMILES string of the molecule is FC(F)(Cc1ccc(Br)cc1)C(F)(F)C(F)(F)C(F)(F)C(F)(F)C(F)(F)C(F)(F)C(F)(F)C(F)(F)Cc1ccc(Br)cc1. The van der Waals surface area contributed by atoms with E-state index in [9.17, 15) is 79.0 Å². The van der Waals surface area contributed by atoms with Crippen molar-refractivity contribution < 1.29 is 79.0 Å². The van der Waals surface area contributed by atoms with E-state index in [4.69, 9.17) is 0 Å². The van der Waals surface area contributed by atoms with Crippen LogP contribution in [0.5, 0.6) is 0 Å². The molecular weight excluding hydrogens is 778 g/mol. The highest BCUT2D eigenvalue weighted by atomic mass is 79.9. The number of hydrogen-bond donors (Lipinski definition) is 0. The predicted molar refractivity (Wildman–Crippen MR) is 120 cm³/mol. The lowest BCUT2D eigenvalue weighted by Gasteiger charge is -2.44. The van der Waals surface area contributed by atoms with Gasteiger partial charge in [-0.15, -0.1) is 0 Å². The zero-order valence-electron chi connectivity index (χ0n) is 20.1. The monoisotopic (exact) mass is 788 g/mol. The molecule has 0 aliphatic rings. The molecule has 0 radical (unpaired) electrons. The molecule has 0 aliphatic heterocycles. The van der Waals surface area contributed by atoms with Crippen molar-refractivity contribution in [2.75, 3.05) is 0 Å². The first-order chi connectivity index (χ1) is 18.9. The first kappa shape index (κ1) is 37.3. The number of hydrogen-bond acceptors (Lipinski definition) is 0. The van der Waals surface area contributed by atoms with E-state index < -0.39 is 77.3 Å². The van der Waals surface area contributed by atoms with Crippen molar-refractivity contribution in [2.45, 2.75) is 66.1 Å². The zero-order chi connectivity index (χ0) is 33.9. The van der Waals surface area contributed by atoms with Gasteiger partial charge in [0.05, 0.1) is 0 Å². The van der Waals surface area contributed by atoms with Gasteiger partial charge in [-0.2, -0.15) is 79.0 Å². The molecule has 2 rings (SSSR count). The second kappa shape index (κ2) is 11.2. The molecule has 0 nitrogen and oxygen atoms in total. The maximum atomic E-state index is 14.1. The van der Waals surface area contributed by atoms with Gasteiger partial charge in [0.25, 0.3) is 0 Å². The molecule has 20 heteroatoms. The summed E-state index contributed by atoms with van der Waals surface area (Å²) >= 11 is 5.50. The van der Waals surface area contributed by atoms with E-state index >= 15 is 0 Å². The van der Waals surface area contributed by atoms with E-state index in [0.717, 1.165) is 24.3 Å². The second-order valence-corrected chi connectivity index (χ2v) is 10.9. The molecule has 0 unspecified atom stereocenters. The highest BCUT2D eigenvalue weighted by molar-refractivity contribution is 9.10. The summed E-state index contributed by atoms with van der Waals surface area (Å²) in [6.07, 6.45) is -5.28. The van der Waals surface area contributed by atoms with Crippen molar-refractivity contribution in [2.24, 2.45) is 0 Å². The van der Waals surface area contributed by atoms with Crippen LogP contribution in [0.15, 0.2) is 57.5 Å². The summed E-state index contributed by atoms with van der Waals surface area (Å²) in [5.74, 6) is -71.5. The summed E-state index contributed by atoms with van der Waals surface area (Å²) in [6, 6.07) is 5.40. The Labute approximate surface area is 245 Å². The van der Waals surface area contributed by atoms with E-state index in [1.165, 1.54) is 0 Å². The van der Waals surface area contributed by atoms with Gasteiger partial charge in [-0.3, -0.25) is 0 Å². The fourth-order valence-corrected chi connectivity index (χ4v) is 3.91. The zero-order valence-corrected chi connectivity index (χ0v) is 23.3. The van der Waals surface area contributed by atoms with Crippen LogP contribution in [-0.2, 0) is 12.8 Å². The minimum absolute atomic E-state index is 0.0743. The van der Waals surface area contributed by atoms with Crippen LogP contribution in [0.2, 0.25) is 0 Å². The predicted octanol–water partition coefficient (Wildman–Crippen LogP) is 10.7. The van der Waals surface area contributed by atoms with Crippen LogP contribution in [0.4, 0.5) is 79.0 Å². The Hall–Kier alpha value is -1.86. The Morgan fingerprint density at radius 1 is 0.326 bits per heavy atom. The Morgan fingerprint density at radius 3 is 0.721 bits per heavy atom. The van der Waals surface area contributed by atoms with E-state index in [0.29, 0.717) is 24.3 Å². The molecule has 0 atom stereocenters. The number of rotatable bonds is 12. The Morgan fingerprint density at radius 2 is 0.512 bits per heavy atom. The van der Waals surface area contributed by atoms with Gasteiger partial charge in [0.2, 0.25) is 0 Å². The van der Waals surface area contributed by atoms with Crippen LogP contribution < -0.4 is 0 Å². The van der Waals surface area contributed by atoms with Crippen molar-refractivity contribution in [1.82, 2.24) is 0 Å². The van der Waals surface area contributed by atoms with Crippen molar-refractivity contribution in [3.8, 4) is 0 Å². The topological polar surface area (TPSA) is 0 Å². The minimum atomic E-state index is -8.79. The van der Waals surface area contributed by atoms with E-state index in [2.05, 4.69) is 31.9 Å². The smallest absolute Gasteiger partial charge is 0.199 e. The van der Waals surface area contributed by atoms with Gasteiger partial charge in [0.1, 0.15) is 0 Å². The van der Waals surface area contributed by atoms with Crippen LogP contribution in [0.1, 0.15) is 11.1 Å². The molecule has 0 bridgehead atoms. The van der Waals surface area contributed by atoms with Crippen LogP contribution in [-0.4, -0.2) is 53.3 Å². The third-order valence-electron chi connectivity index (χ3n) is 5.96. The van der Waals surface area contributed by atoms with Crippen LogP contribution >= 0.6 is 31.9 Å². The minimum Gasteiger partial charge on any atom is -0.199 e. The van der Waals surface area contributed by atoms with Gasteiger partial charge in [0, 0.05) is 21.8 Å². The van der Waals surface area contributed by atoms with Crippen molar-refractivity contribution >= 4 is 31.9 Å². The molecule has 0 fully saturated rings. The lowest BCUT2D eigenvalue weighted by atomic mass is 9.84. The molecule has 0 spiro atoms. The van der Waals surface area contributed by atoms with E-state index in [1.54, 1.807) is 0 Å². The van der Waals surface area contributed by atoms with Crippen molar-refractivity contribution in [3.05, 3.63) is 68.6 Å². The van der Waals surface area contributed by atoms with Gasteiger partial charge in [0.15, 0.2) is 0 Å². The van der Waals surface area contributed by atoms with Gasteiger partial charge in [-0.05, 0) is 35.4 Å². The van der Waals surface area contributed by atoms with Crippen molar-refractivity contribution in [1.29, 1.82) is 0 Å². The maximum Gasteiger partial charge on any atom is 0.385 e. The first-order valence-corrected chi connectivity index (χ1v) is 12.4. The molecule has 2 aromatic rings. The normalized spacial score (nSPS) is 15.2. The molecule has 2 aromatic carbocycles. The second-order valence-electron chi connectivity index (χ2n) is 9.04. The molecule has 43 heavy (non-hydrogen) atoms. The molecule has 0 aromatic heterocycles. The summed E-state index contributed by atoms with van der Waals surface area (Å²) in [5.41, 5.74) is -2.08. The first-order valence-electron chi connectivity index (χ1n) is 10.8. The standard InChI is InChI=1S/C23H12Br2F18/c24-13-5-1-11(2-6-13)9-15(26,27)17(30,31)19(34,35)21(38,39)23(42,43)22(40,41)20(36,37)18(32,33)16(28,29)10-12-3-7-14(25)8-4-12/h1-8H,9-10H2. The van der Waals surface area contributed by atoms with Gasteiger partial charge >= 0.3 is 53.3 Å². The third kappa shape index (κ3) is 5.82. The van der Waals surface area contributed by atoms with Crippen LogP contribution in [0.3, 0.4) is 0 Å². The lowest BCUT2D eigenvalue weighted by Crippen LogP contribution is -2.76. The molecule has 0 aliphatic carbocycles. The van der Waals surface area contributed by atoms with Crippen LogP contribution in [0, 0.1) is 0 Å². The molecule has 0 heterocycles. The molecule has 0 saturated carbocycles. The molecule has 0 amide bonds. The summed E-state index contributed by atoms with van der Waals surface area (Å²) < 4.78 is 254. The molecule has 0 N–H and O–H groups in total. The highest BCUT2D eigenvalue weighted by Gasteiger charge is 2.96. The number of alkyl halides is 18. The van der Waals surface area contributed by atoms with Gasteiger partial charge in [-0.1, -0.05) is 56.1 Å². The summed E-state index contributed by atoms with van der Waals surface area (Å²) in [5, 5.41) is 0. The van der Waals surface area contributed by atoms with E-state index in [-0.39, 0.29) is 8.95 Å². The van der Waals surface area contributed by atoms with Gasteiger partial charge in [-0.25, -0.2) is 0 Å². The van der Waals surface area contributed by atoms with Gasteiger partial charge < -0.3 is 0 Å².